The monoisotopic (exact) mass is 412 g/mol. The van der Waals surface area contributed by atoms with Crippen LogP contribution >= 0.6 is 0 Å². The Labute approximate surface area is 174 Å². The van der Waals surface area contributed by atoms with Crippen LogP contribution in [0.1, 0.15) is 24.0 Å². The van der Waals surface area contributed by atoms with Crippen LogP contribution in [-0.2, 0) is 6.61 Å². The summed E-state index contributed by atoms with van der Waals surface area (Å²) in [4.78, 5) is 0. The Kier molecular flexibility index (Phi) is 7.17. The molecule has 0 saturated carbocycles. The Morgan fingerprint density at radius 3 is 2.30 bits per heavy atom. The van der Waals surface area contributed by atoms with Gasteiger partial charge >= 0.3 is 0 Å². The molecule has 156 valence electrons. The normalized spacial score (nSPS) is 10.7. The molecule has 3 rings (SSSR count). The maximum Gasteiger partial charge on any atom is 0.165 e. The van der Waals surface area contributed by atoms with E-state index in [9.17, 15) is 13.2 Å². The molecule has 0 spiro atoms. The molecule has 0 heterocycles. The SMILES string of the molecule is C=CCCCOc1ccc(-c2ccc(OCc3ccc(C)c(F)c3F)cc2)cc1F. The minimum Gasteiger partial charge on any atom is -0.491 e. The van der Waals surface area contributed by atoms with Gasteiger partial charge in [-0.25, -0.2) is 13.2 Å². The van der Waals surface area contributed by atoms with Gasteiger partial charge in [0.1, 0.15) is 12.4 Å². The predicted octanol–water partition coefficient (Wildman–Crippen LogP) is 7.00. The van der Waals surface area contributed by atoms with Gasteiger partial charge in [-0.05, 0) is 60.7 Å². The van der Waals surface area contributed by atoms with E-state index >= 15 is 0 Å². The van der Waals surface area contributed by atoms with E-state index in [-0.39, 0.29) is 23.5 Å². The summed E-state index contributed by atoms with van der Waals surface area (Å²) >= 11 is 0. The van der Waals surface area contributed by atoms with Crippen LogP contribution in [0.5, 0.6) is 11.5 Å². The van der Waals surface area contributed by atoms with Crippen molar-refractivity contribution in [2.24, 2.45) is 0 Å². The number of aryl methyl sites for hydroxylation is 1. The number of unbranched alkanes of at least 4 members (excludes halogenated alkanes) is 1. The van der Waals surface area contributed by atoms with E-state index in [0.29, 0.717) is 17.9 Å². The number of benzene rings is 3. The van der Waals surface area contributed by atoms with Gasteiger partial charge in [0.15, 0.2) is 23.2 Å². The van der Waals surface area contributed by atoms with Crippen LogP contribution in [0.4, 0.5) is 13.2 Å². The Morgan fingerprint density at radius 2 is 1.60 bits per heavy atom. The molecule has 3 aromatic rings. The van der Waals surface area contributed by atoms with Gasteiger partial charge in [-0.2, -0.15) is 0 Å². The van der Waals surface area contributed by atoms with E-state index in [1.54, 1.807) is 42.5 Å². The van der Waals surface area contributed by atoms with Gasteiger partial charge < -0.3 is 9.47 Å². The van der Waals surface area contributed by atoms with Crippen LogP contribution in [0, 0.1) is 24.4 Å². The molecule has 0 radical (unpaired) electrons. The van der Waals surface area contributed by atoms with Crippen molar-refractivity contribution in [3.05, 3.63) is 95.8 Å². The van der Waals surface area contributed by atoms with Crippen molar-refractivity contribution in [2.75, 3.05) is 6.61 Å². The van der Waals surface area contributed by atoms with E-state index in [2.05, 4.69) is 6.58 Å². The van der Waals surface area contributed by atoms with E-state index in [1.165, 1.54) is 25.1 Å². The summed E-state index contributed by atoms with van der Waals surface area (Å²) in [6.07, 6.45) is 3.40. The van der Waals surface area contributed by atoms with Crippen LogP contribution in [0.2, 0.25) is 0 Å². The smallest absolute Gasteiger partial charge is 0.165 e. The Hall–Kier alpha value is -3.21. The minimum atomic E-state index is -0.895. The van der Waals surface area contributed by atoms with Gasteiger partial charge in [-0.3, -0.25) is 0 Å². The number of ether oxygens (including phenoxy) is 2. The maximum absolute atomic E-state index is 14.3. The Morgan fingerprint density at radius 1 is 0.867 bits per heavy atom. The second-order valence-corrected chi connectivity index (χ2v) is 6.91. The van der Waals surface area contributed by atoms with Crippen molar-refractivity contribution >= 4 is 0 Å². The molecule has 0 amide bonds. The van der Waals surface area contributed by atoms with Crippen LogP contribution in [0.25, 0.3) is 11.1 Å². The fourth-order valence-electron chi connectivity index (χ4n) is 2.91. The first-order valence-corrected chi connectivity index (χ1v) is 9.69. The molecule has 0 aromatic heterocycles. The van der Waals surface area contributed by atoms with Crippen LogP contribution in [0.15, 0.2) is 67.3 Å². The van der Waals surface area contributed by atoms with E-state index in [0.717, 1.165) is 18.4 Å². The van der Waals surface area contributed by atoms with Crippen molar-refractivity contribution in [2.45, 2.75) is 26.4 Å². The predicted molar refractivity (Wildman–Crippen MR) is 112 cm³/mol. The van der Waals surface area contributed by atoms with E-state index in [1.807, 2.05) is 0 Å². The topological polar surface area (TPSA) is 18.5 Å². The molecule has 0 unspecified atom stereocenters. The summed E-state index contributed by atoms with van der Waals surface area (Å²) in [5.74, 6) is -1.46. The molecule has 3 aromatic carbocycles. The molecule has 0 aliphatic rings. The van der Waals surface area contributed by atoms with E-state index < -0.39 is 17.5 Å². The summed E-state index contributed by atoms with van der Waals surface area (Å²) < 4.78 is 52.9. The number of halogens is 3. The molecule has 0 aliphatic heterocycles. The van der Waals surface area contributed by atoms with Gasteiger partial charge in [0.05, 0.1) is 6.61 Å². The summed E-state index contributed by atoms with van der Waals surface area (Å²) in [5.41, 5.74) is 1.89. The highest BCUT2D eigenvalue weighted by atomic mass is 19.2. The first kappa shape index (κ1) is 21.5. The third-order valence-electron chi connectivity index (χ3n) is 4.68. The molecule has 0 aliphatic carbocycles. The van der Waals surface area contributed by atoms with Crippen molar-refractivity contribution in [1.29, 1.82) is 0 Å². The molecule has 0 fully saturated rings. The number of hydrogen-bond donors (Lipinski definition) is 0. The van der Waals surface area contributed by atoms with Crippen LogP contribution in [-0.4, -0.2) is 6.61 Å². The van der Waals surface area contributed by atoms with Gasteiger partial charge in [-0.15, -0.1) is 6.58 Å². The second-order valence-electron chi connectivity index (χ2n) is 6.91. The molecule has 0 atom stereocenters. The molecule has 0 saturated heterocycles. The zero-order valence-corrected chi connectivity index (χ0v) is 16.8. The van der Waals surface area contributed by atoms with Gasteiger partial charge in [0.25, 0.3) is 0 Å². The van der Waals surface area contributed by atoms with E-state index in [4.69, 9.17) is 9.47 Å². The second kappa shape index (κ2) is 10.0. The number of allylic oxidation sites excluding steroid dienone is 1. The van der Waals surface area contributed by atoms with Crippen LogP contribution in [0.3, 0.4) is 0 Å². The fourth-order valence-corrected chi connectivity index (χ4v) is 2.91. The fraction of sp³-hybridized carbons (Fsp3) is 0.200. The average molecular weight is 412 g/mol. The Balaban J connectivity index is 1.63. The summed E-state index contributed by atoms with van der Waals surface area (Å²) in [6.45, 7) is 5.49. The molecule has 5 heteroatoms. The summed E-state index contributed by atoms with van der Waals surface area (Å²) in [7, 11) is 0. The average Bonchev–Trinajstić information content (AvgIpc) is 2.76. The lowest BCUT2D eigenvalue weighted by atomic mass is 10.1. The zero-order valence-electron chi connectivity index (χ0n) is 16.8. The van der Waals surface area contributed by atoms with Crippen molar-refractivity contribution in [3.8, 4) is 22.6 Å². The number of hydrogen-bond acceptors (Lipinski definition) is 2. The highest BCUT2D eigenvalue weighted by Crippen LogP contribution is 2.28. The molecular formula is C25H23F3O2. The Bertz CT molecular complexity index is 1010. The third kappa shape index (κ3) is 5.23. The largest absolute Gasteiger partial charge is 0.491 e. The molecule has 2 nitrogen and oxygen atoms in total. The van der Waals surface area contributed by atoms with Gasteiger partial charge in [0.2, 0.25) is 0 Å². The summed E-state index contributed by atoms with van der Waals surface area (Å²) in [5, 5.41) is 0. The molecule has 0 N–H and O–H groups in total. The zero-order chi connectivity index (χ0) is 21.5. The quantitative estimate of drug-likeness (QED) is 0.278. The first-order chi connectivity index (χ1) is 14.5. The van der Waals surface area contributed by atoms with Crippen molar-refractivity contribution < 1.29 is 22.6 Å². The minimum absolute atomic E-state index is 0.0884. The van der Waals surface area contributed by atoms with Gasteiger partial charge in [0, 0.05) is 5.56 Å². The number of rotatable bonds is 9. The van der Waals surface area contributed by atoms with Crippen molar-refractivity contribution in [3.63, 3.8) is 0 Å². The third-order valence-corrected chi connectivity index (χ3v) is 4.68. The molecule has 0 bridgehead atoms. The highest BCUT2D eigenvalue weighted by molar-refractivity contribution is 5.65. The van der Waals surface area contributed by atoms with Crippen LogP contribution < -0.4 is 9.47 Å². The summed E-state index contributed by atoms with van der Waals surface area (Å²) in [6, 6.07) is 14.8. The van der Waals surface area contributed by atoms with Crippen molar-refractivity contribution in [1.82, 2.24) is 0 Å². The lowest BCUT2D eigenvalue weighted by Gasteiger charge is -2.10. The molecule has 30 heavy (non-hydrogen) atoms. The lowest BCUT2D eigenvalue weighted by Crippen LogP contribution is -2.02. The first-order valence-electron chi connectivity index (χ1n) is 9.69. The maximum atomic E-state index is 14.3. The lowest BCUT2D eigenvalue weighted by molar-refractivity contribution is 0.296. The standard InChI is InChI=1S/C25H23F3O2/c1-3-4-5-14-29-23-13-10-19(15-22(23)26)18-8-11-21(12-9-18)30-16-20-7-6-17(2)24(27)25(20)28/h3,6-13,15H,1,4-5,14,16H2,2H3. The highest BCUT2D eigenvalue weighted by Gasteiger charge is 2.11. The van der Waals surface area contributed by atoms with Gasteiger partial charge in [-0.1, -0.05) is 36.4 Å². The molecular weight excluding hydrogens is 389 g/mol.